The van der Waals surface area contributed by atoms with Gasteiger partial charge in [0.1, 0.15) is 0 Å². The van der Waals surface area contributed by atoms with Crippen LogP contribution in [0.3, 0.4) is 0 Å². The third-order valence-corrected chi connectivity index (χ3v) is 5.46. The van der Waals surface area contributed by atoms with Crippen LogP contribution in [-0.2, 0) is 16.8 Å². The second kappa shape index (κ2) is 6.79. The molecule has 0 saturated carbocycles. The Kier molecular flexibility index (Phi) is 4.76. The van der Waals surface area contributed by atoms with Crippen molar-refractivity contribution in [2.45, 2.75) is 6.54 Å². The fourth-order valence-electron chi connectivity index (χ4n) is 2.47. The average molecular weight is 335 g/mol. The molecule has 3 rings (SSSR count). The highest BCUT2D eigenvalue weighted by Gasteiger charge is 2.25. The number of hydrogen-bond acceptors (Lipinski definition) is 4. The Morgan fingerprint density at radius 1 is 1.09 bits per heavy atom. The van der Waals surface area contributed by atoms with Crippen molar-refractivity contribution in [1.82, 2.24) is 23.7 Å². The molecule has 1 fully saturated rings. The zero-order valence-corrected chi connectivity index (χ0v) is 13.9. The molecule has 0 aliphatic carbocycles. The number of likely N-dealkylation sites (N-methyl/N-ethyl adjacent to an activating group) is 1. The van der Waals surface area contributed by atoms with Gasteiger partial charge < -0.3 is 4.90 Å². The van der Waals surface area contributed by atoms with Gasteiger partial charge in [-0.05, 0) is 25.2 Å². The normalized spacial score (nSPS) is 17.4. The highest BCUT2D eigenvalue weighted by Crippen LogP contribution is 2.08. The van der Waals surface area contributed by atoms with Crippen molar-refractivity contribution in [3.8, 4) is 5.69 Å². The van der Waals surface area contributed by atoms with Gasteiger partial charge in [-0.3, -0.25) is 0 Å². The van der Waals surface area contributed by atoms with Gasteiger partial charge >= 0.3 is 0 Å². The number of aromatic nitrogens is 2. The summed E-state index contributed by atoms with van der Waals surface area (Å²) < 4.78 is 30.5. The Hall–Kier alpha value is -1.74. The van der Waals surface area contributed by atoms with Gasteiger partial charge in [-0.2, -0.15) is 22.5 Å². The summed E-state index contributed by atoms with van der Waals surface area (Å²) in [6, 6.07) is 11.5. The lowest BCUT2D eigenvalue weighted by Gasteiger charge is -2.31. The minimum Gasteiger partial charge on any atom is -0.304 e. The van der Waals surface area contributed by atoms with E-state index in [-0.39, 0.29) is 6.54 Å². The number of nitrogens with zero attached hydrogens (tertiary/aromatic N) is 4. The summed E-state index contributed by atoms with van der Waals surface area (Å²) >= 11 is 0. The molecule has 0 amide bonds. The molecule has 0 radical (unpaired) electrons. The molecule has 124 valence electrons. The first-order chi connectivity index (χ1) is 11.0. The zero-order chi connectivity index (χ0) is 16.3. The molecule has 1 N–H and O–H groups in total. The molecule has 0 spiro atoms. The maximum Gasteiger partial charge on any atom is 0.279 e. The van der Waals surface area contributed by atoms with Crippen molar-refractivity contribution in [2.75, 3.05) is 33.2 Å². The third-order valence-electron chi connectivity index (χ3n) is 3.90. The van der Waals surface area contributed by atoms with E-state index in [4.69, 9.17) is 0 Å². The second-order valence-corrected chi connectivity index (χ2v) is 7.37. The third kappa shape index (κ3) is 3.97. The lowest BCUT2D eigenvalue weighted by molar-refractivity contribution is 0.221. The van der Waals surface area contributed by atoms with E-state index in [0.717, 1.165) is 18.8 Å². The predicted molar refractivity (Wildman–Crippen MR) is 88.4 cm³/mol. The van der Waals surface area contributed by atoms with Crippen LogP contribution in [0.4, 0.5) is 0 Å². The lowest BCUT2D eigenvalue weighted by Crippen LogP contribution is -2.50. The summed E-state index contributed by atoms with van der Waals surface area (Å²) in [5.41, 5.74) is 1.63. The van der Waals surface area contributed by atoms with E-state index < -0.39 is 10.2 Å². The Bertz CT molecular complexity index is 736. The van der Waals surface area contributed by atoms with Crippen LogP contribution in [0.2, 0.25) is 0 Å². The average Bonchev–Trinajstić information content (AvgIpc) is 3.03. The van der Waals surface area contributed by atoms with Crippen molar-refractivity contribution < 1.29 is 8.42 Å². The van der Waals surface area contributed by atoms with Crippen LogP contribution in [0.5, 0.6) is 0 Å². The Morgan fingerprint density at radius 2 is 1.78 bits per heavy atom. The van der Waals surface area contributed by atoms with Gasteiger partial charge in [-0.25, -0.2) is 4.68 Å². The number of piperazine rings is 1. The van der Waals surface area contributed by atoms with Crippen LogP contribution in [0, 0.1) is 0 Å². The number of rotatable bonds is 5. The summed E-state index contributed by atoms with van der Waals surface area (Å²) in [5.74, 6) is 0. The standard InChI is InChI=1S/C15H21N5O2S/c1-18-9-11-19(12-10-18)23(21,22)16-13-14-7-8-20(17-14)15-5-3-2-4-6-15/h2-8,16H,9-13H2,1H3. The number of hydrogen-bond donors (Lipinski definition) is 1. The molecule has 1 aromatic carbocycles. The molecule has 1 aromatic heterocycles. The van der Waals surface area contributed by atoms with Crippen molar-refractivity contribution in [3.05, 3.63) is 48.3 Å². The smallest absolute Gasteiger partial charge is 0.279 e. The molecule has 2 heterocycles. The van der Waals surface area contributed by atoms with E-state index in [1.807, 2.05) is 49.6 Å². The number of nitrogens with one attached hydrogen (secondary N) is 1. The monoisotopic (exact) mass is 335 g/mol. The van der Waals surface area contributed by atoms with Crippen LogP contribution in [0.15, 0.2) is 42.6 Å². The Labute approximate surface area is 136 Å². The summed E-state index contributed by atoms with van der Waals surface area (Å²) in [7, 11) is -1.46. The first kappa shape index (κ1) is 16.1. The van der Waals surface area contributed by atoms with Gasteiger partial charge in [-0.15, -0.1) is 0 Å². The van der Waals surface area contributed by atoms with Crippen molar-refractivity contribution in [2.24, 2.45) is 0 Å². The largest absolute Gasteiger partial charge is 0.304 e. The van der Waals surface area contributed by atoms with Gasteiger partial charge in [0.25, 0.3) is 10.2 Å². The minimum absolute atomic E-state index is 0.189. The Morgan fingerprint density at radius 3 is 2.48 bits per heavy atom. The van der Waals surface area contributed by atoms with Gasteiger partial charge in [0.2, 0.25) is 0 Å². The SMILES string of the molecule is CN1CCN(S(=O)(=O)NCc2ccn(-c3ccccc3)n2)CC1. The molecule has 1 aliphatic heterocycles. The van der Waals surface area contributed by atoms with E-state index in [1.54, 1.807) is 4.68 Å². The van der Waals surface area contributed by atoms with Gasteiger partial charge in [0.15, 0.2) is 0 Å². The van der Waals surface area contributed by atoms with Crippen molar-refractivity contribution >= 4 is 10.2 Å². The maximum atomic E-state index is 12.3. The first-order valence-electron chi connectivity index (χ1n) is 7.58. The summed E-state index contributed by atoms with van der Waals surface area (Å²) in [5, 5.41) is 4.40. The van der Waals surface area contributed by atoms with Gasteiger partial charge in [-0.1, -0.05) is 18.2 Å². The van der Waals surface area contributed by atoms with Gasteiger partial charge in [0.05, 0.1) is 17.9 Å². The lowest BCUT2D eigenvalue weighted by atomic mass is 10.3. The van der Waals surface area contributed by atoms with Crippen molar-refractivity contribution in [3.63, 3.8) is 0 Å². The highest BCUT2D eigenvalue weighted by atomic mass is 32.2. The summed E-state index contributed by atoms with van der Waals surface area (Å²) in [6.07, 6.45) is 1.83. The molecule has 1 saturated heterocycles. The summed E-state index contributed by atoms with van der Waals surface area (Å²) in [6.45, 7) is 2.73. The number of benzene rings is 1. The minimum atomic E-state index is -3.45. The van der Waals surface area contributed by atoms with Crippen LogP contribution in [0.25, 0.3) is 5.69 Å². The van der Waals surface area contributed by atoms with E-state index in [2.05, 4.69) is 14.7 Å². The first-order valence-corrected chi connectivity index (χ1v) is 9.02. The fourth-order valence-corrected chi connectivity index (χ4v) is 3.62. The molecule has 0 unspecified atom stereocenters. The zero-order valence-electron chi connectivity index (χ0n) is 13.1. The van der Waals surface area contributed by atoms with Crippen LogP contribution >= 0.6 is 0 Å². The second-order valence-electron chi connectivity index (χ2n) is 5.62. The van der Waals surface area contributed by atoms with Crippen LogP contribution < -0.4 is 4.72 Å². The fraction of sp³-hybridized carbons (Fsp3) is 0.400. The van der Waals surface area contributed by atoms with E-state index in [0.29, 0.717) is 18.8 Å². The van der Waals surface area contributed by atoms with Gasteiger partial charge in [0, 0.05) is 32.4 Å². The van der Waals surface area contributed by atoms with E-state index in [9.17, 15) is 8.42 Å². The molecule has 2 aromatic rings. The van der Waals surface area contributed by atoms with Crippen LogP contribution in [-0.4, -0.2) is 60.6 Å². The molecular formula is C15H21N5O2S. The van der Waals surface area contributed by atoms with E-state index >= 15 is 0 Å². The Balaban J connectivity index is 1.61. The number of para-hydroxylation sites is 1. The summed E-state index contributed by atoms with van der Waals surface area (Å²) in [4.78, 5) is 2.12. The highest BCUT2D eigenvalue weighted by molar-refractivity contribution is 7.87. The predicted octanol–water partition coefficient (Wildman–Crippen LogP) is 0.454. The molecule has 7 nitrogen and oxygen atoms in total. The quantitative estimate of drug-likeness (QED) is 0.861. The molecule has 8 heteroatoms. The topological polar surface area (TPSA) is 70.5 Å². The maximum absolute atomic E-state index is 12.3. The molecule has 0 bridgehead atoms. The molecule has 23 heavy (non-hydrogen) atoms. The molecule has 0 atom stereocenters. The molecule has 1 aliphatic rings. The van der Waals surface area contributed by atoms with Crippen molar-refractivity contribution in [1.29, 1.82) is 0 Å². The van der Waals surface area contributed by atoms with E-state index in [1.165, 1.54) is 4.31 Å². The molecular weight excluding hydrogens is 314 g/mol. The van der Waals surface area contributed by atoms with Crippen LogP contribution in [0.1, 0.15) is 5.69 Å².